The maximum absolute atomic E-state index is 12.7. The topological polar surface area (TPSA) is 26.3 Å². The maximum atomic E-state index is 12.7. The summed E-state index contributed by atoms with van der Waals surface area (Å²) in [7, 11) is 1.25. The third kappa shape index (κ3) is 1.93. The zero-order valence-electron chi connectivity index (χ0n) is 7.21. The first-order chi connectivity index (χ1) is 6.19. The van der Waals surface area contributed by atoms with Crippen molar-refractivity contribution in [3.63, 3.8) is 0 Å². The predicted molar refractivity (Wildman–Crippen MR) is 47.8 cm³/mol. The number of esters is 1. The lowest BCUT2D eigenvalue weighted by Gasteiger charge is -2.03. The van der Waals surface area contributed by atoms with Gasteiger partial charge in [-0.25, -0.2) is 9.18 Å². The molecule has 1 rings (SSSR count). The van der Waals surface area contributed by atoms with Crippen LogP contribution < -0.4 is 0 Å². The summed E-state index contributed by atoms with van der Waals surface area (Å²) >= 11 is 0. The fraction of sp³-hybridized carbons (Fsp3) is 0.100. The van der Waals surface area contributed by atoms with E-state index in [0.717, 1.165) is 6.07 Å². The zero-order valence-corrected chi connectivity index (χ0v) is 7.21. The molecular weight excluding hydrogens is 171 g/mol. The average molecular weight is 180 g/mol. The molecule has 1 aromatic carbocycles. The molecular formula is C10H9FO2. The zero-order chi connectivity index (χ0) is 9.84. The number of carbonyl (C=O) groups is 1. The van der Waals surface area contributed by atoms with E-state index in [9.17, 15) is 9.18 Å². The quantitative estimate of drug-likeness (QED) is 0.652. The SMILES string of the molecule is C=Cc1ccc(F)cc1C(=O)OC. The lowest BCUT2D eigenvalue weighted by atomic mass is 10.1. The summed E-state index contributed by atoms with van der Waals surface area (Å²) in [5.74, 6) is -1.03. The highest BCUT2D eigenvalue weighted by Crippen LogP contribution is 2.13. The first-order valence-electron chi connectivity index (χ1n) is 3.69. The Bertz CT molecular complexity index is 345. The van der Waals surface area contributed by atoms with Crippen LogP contribution in [-0.2, 0) is 4.74 Å². The van der Waals surface area contributed by atoms with Gasteiger partial charge in [-0.15, -0.1) is 0 Å². The number of rotatable bonds is 2. The van der Waals surface area contributed by atoms with Crippen molar-refractivity contribution < 1.29 is 13.9 Å². The Balaban J connectivity index is 3.23. The van der Waals surface area contributed by atoms with Gasteiger partial charge in [-0.2, -0.15) is 0 Å². The number of benzene rings is 1. The molecule has 13 heavy (non-hydrogen) atoms. The minimum absolute atomic E-state index is 0.192. The molecule has 68 valence electrons. The molecule has 2 nitrogen and oxygen atoms in total. The standard InChI is InChI=1S/C10H9FO2/c1-3-7-4-5-8(11)6-9(7)10(12)13-2/h3-6H,1H2,2H3. The van der Waals surface area contributed by atoms with Gasteiger partial charge in [0.15, 0.2) is 0 Å². The van der Waals surface area contributed by atoms with E-state index in [1.807, 2.05) is 0 Å². The van der Waals surface area contributed by atoms with Crippen LogP contribution in [0.5, 0.6) is 0 Å². The molecule has 0 bridgehead atoms. The smallest absolute Gasteiger partial charge is 0.338 e. The number of ether oxygens (including phenoxy) is 1. The molecule has 3 heteroatoms. The predicted octanol–water partition coefficient (Wildman–Crippen LogP) is 2.26. The Hall–Kier alpha value is -1.64. The summed E-state index contributed by atoms with van der Waals surface area (Å²) in [6.07, 6.45) is 1.48. The van der Waals surface area contributed by atoms with E-state index in [4.69, 9.17) is 0 Å². The van der Waals surface area contributed by atoms with Crippen LogP contribution in [0.15, 0.2) is 24.8 Å². The number of methoxy groups -OCH3 is 1. The Labute approximate surface area is 75.6 Å². The number of carbonyl (C=O) groups excluding carboxylic acids is 1. The minimum atomic E-state index is -0.561. The van der Waals surface area contributed by atoms with Crippen LogP contribution in [-0.4, -0.2) is 13.1 Å². The van der Waals surface area contributed by atoms with E-state index < -0.39 is 11.8 Å². The lowest BCUT2D eigenvalue weighted by Crippen LogP contribution is -2.04. The summed E-state index contributed by atoms with van der Waals surface area (Å²) in [5, 5.41) is 0. The second kappa shape index (κ2) is 3.85. The second-order valence-corrected chi connectivity index (χ2v) is 2.43. The van der Waals surface area contributed by atoms with Gasteiger partial charge in [-0.3, -0.25) is 0 Å². The monoisotopic (exact) mass is 180 g/mol. The van der Waals surface area contributed by atoms with Gasteiger partial charge in [0, 0.05) is 0 Å². The molecule has 0 aromatic heterocycles. The van der Waals surface area contributed by atoms with Gasteiger partial charge < -0.3 is 4.74 Å². The van der Waals surface area contributed by atoms with E-state index in [2.05, 4.69) is 11.3 Å². The highest BCUT2D eigenvalue weighted by atomic mass is 19.1. The maximum Gasteiger partial charge on any atom is 0.338 e. The van der Waals surface area contributed by atoms with Crippen molar-refractivity contribution in [3.8, 4) is 0 Å². The van der Waals surface area contributed by atoms with Crippen LogP contribution in [0.25, 0.3) is 6.08 Å². The van der Waals surface area contributed by atoms with Crippen LogP contribution in [0, 0.1) is 5.82 Å². The molecule has 0 aliphatic rings. The summed E-state index contributed by atoms with van der Waals surface area (Å²) in [4.78, 5) is 11.1. The third-order valence-corrected chi connectivity index (χ3v) is 1.64. The van der Waals surface area contributed by atoms with E-state index in [-0.39, 0.29) is 5.56 Å². The molecule has 0 atom stereocenters. The molecule has 0 spiro atoms. The molecule has 0 unspecified atom stereocenters. The number of hydrogen-bond donors (Lipinski definition) is 0. The van der Waals surface area contributed by atoms with Crippen LogP contribution in [0.3, 0.4) is 0 Å². The van der Waals surface area contributed by atoms with E-state index in [0.29, 0.717) is 5.56 Å². The van der Waals surface area contributed by atoms with Crippen LogP contribution in [0.4, 0.5) is 4.39 Å². The Morgan fingerprint density at radius 1 is 1.62 bits per heavy atom. The second-order valence-electron chi connectivity index (χ2n) is 2.43. The van der Waals surface area contributed by atoms with Gasteiger partial charge in [0.1, 0.15) is 5.82 Å². The average Bonchev–Trinajstić information content (AvgIpc) is 2.16. The Kier molecular flexibility index (Phi) is 2.80. The highest BCUT2D eigenvalue weighted by Gasteiger charge is 2.10. The lowest BCUT2D eigenvalue weighted by molar-refractivity contribution is 0.0600. The van der Waals surface area contributed by atoms with Crippen LogP contribution in [0.2, 0.25) is 0 Å². The van der Waals surface area contributed by atoms with Crippen molar-refractivity contribution >= 4 is 12.0 Å². The van der Waals surface area contributed by atoms with Gasteiger partial charge in [-0.1, -0.05) is 18.7 Å². The van der Waals surface area contributed by atoms with Gasteiger partial charge in [-0.05, 0) is 17.7 Å². The van der Waals surface area contributed by atoms with E-state index >= 15 is 0 Å². The van der Waals surface area contributed by atoms with Crippen LogP contribution in [0.1, 0.15) is 15.9 Å². The highest BCUT2D eigenvalue weighted by molar-refractivity contribution is 5.93. The third-order valence-electron chi connectivity index (χ3n) is 1.64. The van der Waals surface area contributed by atoms with Gasteiger partial charge >= 0.3 is 5.97 Å². The van der Waals surface area contributed by atoms with Crippen LogP contribution >= 0.6 is 0 Å². The molecule has 0 aliphatic carbocycles. The summed E-state index contributed by atoms with van der Waals surface area (Å²) in [6, 6.07) is 3.88. The van der Waals surface area contributed by atoms with Crippen molar-refractivity contribution in [1.82, 2.24) is 0 Å². The molecule has 0 aliphatic heterocycles. The minimum Gasteiger partial charge on any atom is -0.465 e. The molecule has 0 amide bonds. The van der Waals surface area contributed by atoms with Crippen molar-refractivity contribution in [1.29, 1.82) is 0 Å². The van der Waals surface area contributed by atoms with Crippen molar-refractivity contribution in [2.75, 3.05) is 7.11 Å². The fourth-order valence-electron chi connectivity index (χ4n) is 0.993. The van der Waals surface area contributed by atoms with Gasteiger partial charge in [0.05, 0.1) is 12.7 Å². The molecule has 1 aromatic rings. The molecule has 0 saturated heterocycles. The van der Waals surface area contributed by atoms with Gasteiger partial charge in [0.25, 0.3) is 0 Å². The van der Waals surface area contributed by atoms with Crippen molar-refractivity contribution in [2.24, 2.45) is 0 Å². The first-order valence-corrected chi connectivity index (χ1v) is 3.69. The van der Waals surface area contributed by atoms with Gasteiger partial charge in [0.2, 0.25) is 0 Å². The molecule has 0 N–H and O–H groups in total. The Morgan fingerprint density at radius 3 is 2.85 bits per heavy atom. The van der Waals surface area contributed by atoms with Crippen molar-refractivity contribution in [2.45, 2.75) is 0 Å². The van der Waals surface area contributed by atoms with E-state index in [1.54, 1.807) is 0 Å². The number of hydrogen-bond acceptors (Lipinski definition) is 2. The fourth-order valence-corrected chi connectivity index (χ4v) is 0.993. The molecule has 0 heterocycles. The van der Waals surface area contributed by atoms with E-state index in [1.165, 1.54) is 25.3 Å². The molecule has 0 radical (unpaired) electrons. The first kappa shape index (κ1) is 9.45. The summed E-state index contributed by atoms with van der Waals surface area (Å²) in [5.41, 5.74) is 0.755. The molecule has 0 saturated carbocycles. The Morgan fingerprint density at radius 2 is 2.31 bits per heavy atom. The number of halogens is 1. The largest absolute Gasteiger partial charge is 0.465 e. The summed E-state index contributed by atoms with van der Waals surface area (Å²) in [6.45, 7) is 3.51. The van der Waals surface area contributed by atoms with Crippen molar-refractivity contribution in [3.05, 3.63) is 41.7 Å². The summed E-state index contributed by atoms with van der Waals surface area (Å²) < 4.78 is 17.2. The normalized spacial score (nSPS) is 9.38. The molecule has 0 fully saturated rings.